The van der Waals surface area contributed by atoms with E-state index < -0.39 is 49.5 Å². The third-order valence-electron chi connectivity index (χ3n) is 18.7. The fourth-order valence-electron chi connectivity index (χ4n) is 12.6. The number of rotatable bonds is 70. The van der Waals surface area contributed by atoms with Crippen molar-refractivity contribution >= 4 is 11.9 Å². The predicted octanol–water partition coefficient (Wildman–Crippen LogP) is 20.9. The topological polar surface area (TPSA) is 175 Å². The summed E-state index contributed by atoms with van der Waals surface area (Å²) in [6, 6.07) is -0.805. The van der Waals surface area contributed by atoms with Crippen molar-refractivity contribution in [3.63, 3.8) is 0 Å². The number of ether oxygens (including phenoxy) is 3. The van der Waals surface area contributed by atoms with E-state index >= 15 is 0 Å². The van der Waals surface area contributed by atoms with E-state index in [2.05, 4.69) is 43.5 Å². The lowest BCUT2D eigenvalue weighted by molar-refractivity contribution is -0.302. The second kappa shape index (κ2) is 68.3. The number of carbonyl (C=O) groups is 2. The zero-order chi connectivity index (χ0) is 65.1. The van der Waals surface area contributed by atoms with Gasteiger partial charge in [-0.05, 0) is 64.2 Å². The summed E-state index contributed by atoms with van der Waals surface area (Å²) >= 11 is 0. The normalized spacial score (nSPS) is 17.8. The molecule has 11 heteroatoms. The maximum absolute atomic E-state index is 13.0. The average molecular weight is 1270 g/mol. The van der Waals surface area contributed by atoms with Gasteiger partial charge < -0.3 is 45.1 Å². The summed E-state index contributed by atoms with van der Waals surface area (Å²) in [4.78, 5) is 25.2. The van der Waals surface area contributed by atoms with E-state index in [-0.39, 0.29) is 18.5 Å². The molecule has 0 aromatic rings. The lowest BCUT2D eigenvalue weighted by atomic mass is 9.99. The maximum Gasteiger partial charge on any atom is 0.305 e. The highest BCUT2D eigenvalue weighted by Gasteiger charge is 2.44. The van der Waals surface area contributed by atoms with Crippen molar-refractivity contribution in [2.24, 2.45) is 0 Å². The van der Waals surface area contributed by atoms with Crippen molar-refractivity contribution in [3.05, 3.63) is 36.5 Å². The van der Waals surface area contributed by atoms with Gasteiger partial charge in [0.05, 0.1) is 32.0 Å². The SMILES string of the molecule is CCCCC/C=C\C/C=C\CCCCCCCCCCCC(=O)OCCCCCCCCCCCCCCCCCCCCCCCCCCCCCCCCCCCC(=O)NC(COC1OC(CO)C(O)C(O)C1O)C(O)/C=C/CCCCCCCCCC. The van der Waals surface area contributed by atoms with Gasteiger partial charge in [0.25, 0.3) is 0 Å². The third kappa shape index (κ3) is 56.2. The molecule has 0 radical (unpaired) electrons. The van der Waals surface area contributed by atoms with Crippen LogP contribution in [-0.4, -0.2) is 100 Å². The Bertz CT molecular complexity index is 1590. The molecule has 0 aliphatic carbocycles. The maximum atomic E-state index is 13.0. The number of nitrogens with one attached hydrogen (secondary N) is 1. The molecule has 0 spiro atoms. The van der Waals surface area contributed by atoms with Gasteiger partial charge in [0.1, 0.15) is 24.4 Å². The summed E-state index contributed by atoms with van der Waals surface area (Å²) in [5.41, 5.74) is 0. The summed E-state index contributed by atoms with van der Waals surface area (Å²) in [5, 5.41) is 54.4. The Balaban J connectivity index is 1.86. The van der Waals surface area contributed by atoms with Gasteiger partial charge in [-0.25, -0.2) is 0 Å². The Kier molecular flexibility index (Phi) is 65.2. The number of carbonyl (C=O) groups excluding carboxylic acids is 2. The number of amides is 1. The Labute approximate surface area is 555 Å². The minimum atomic E-state index is -1.57. The van der Waals surface area contributed by atoms with E-state index in [0.717, 1.165) is 64.2 Å². The first-order chi connectivity index (χ1) is 44.2. The third-order valence-corrected chi connectivity index (χ3v) is 18.7. The molecular formula is C79H149NO10. The van der Waals surface area contributed by atoms with Gasteiger partial charge in [0, 0.05) is 12.8 Å². The molecule has 1 heterocycles. The molecule has 6 N–H and O–H groups in total. The van der Waals surface area contributed by atoms with Crippen LogP contribution in [0.3, 0.4) is 0 Å². The zero-order valence-corrected chi connectivity index (χ0v) is 59.1. The Morgan fingerprint density at radius 2 is 0.744 bits per heavy atom. The predicted molar refractivity (Wildman–Crippen MR) is 380 cm³/mol. The fraction of sp³-hybridized carbons (Fsp3) is 0.899. The van der Waals surface area contributed by atoms with Crippen LogP contribution in [0.5, 0.6) is 0 Å². The van der Waals surface area contributed by atoms with E-state index in [9.17, 15) is 35.1 Å². The van der Waals surface area contributed by atoms with Crippen LogP contribution in [0, 0.1) is 0 Å². The van der Waals surface area contributed by atoms with Crippen molar-refractivity contribution in [3.8, 4) is 0 Å². The molecule has 0 saturated carbocycles. The highest BCUT2D eigenvalue weighted by atomic mass is 16.7. The molecule has 0 aromatic heterocycles. The number of allylic oxidation sites excluding steroid dienone is 5. The molecule has 90 heavy (non-hydrogen) atoms. The van der Waals surface area contributed by atoms with Crippen LogP contribution < -0.4 is 5.32 Å². The molecule has 1 saturated heterocycles. The molecule has 0 aromatic carbocycles. The van der Waals surface area contributed by atoms with Crippen LogP contribution in [0.1, 0.15) is 393 Å². The van der Waals surface area contributed by atoms with Crippen LogP contribution >= 0.6 is 0 Å². The minimum Gasteiger partial charge on any atom is -0.466 e. The number of aliphatic hydroxyl groups is 5. The number of unbranched alkanes of at least 4 members (excludes halogenated alkanes) is 52. The van der Waals surface area contributed by atoms with E-state index in [0.29, 0.717) is 19.4 Å². The Morgan fingerprint density at radius 1 is 0.411 bits per heavy atom. The highest BCUT2D eigenvalue weighted by Crippen LogP contribution is 2.24. The summed E-state index contributed by atoms with van der Waals surface area (Å²) in [6.07, 6.45) is 78.9. The number of hydrogen-bond acceptors (Lipinski definition) is 10. The van der Waals surface area contributed by atoms with Crippen molar-refractivity contribution in [1.29, 1.82) is 0 Å². The van der Waals surface area contributed by atoms with E-state index in [1.807, 2.05) is 6.08 Å². The molecule has 1 rings (SSSR count). The van der Waals surface area contributed by atoms with Gasteiger partial charge in [-0.1, -0.05) is 352 Å². The van der Waals surface area contributed by atoms with Gasteiger partial charge in [0.15, 0.2) is 6.29 Å². The Morgan fingerprint density at radius 3 is 1.14 bits per heavy atom. The molecule has 1 fully saturated rings. The summed E-state index contributed by atoms with van der Waals surface area (Å²) in [7, 11) is 0. The largest absolute Gasteiger partial charge is 0.466 e. The molecule has 530 valence electrons. The van der Waals surface area contributed by atoms with Crippen LogP contribution in [0.4, 0.5) is 0 Å². The van der Waals surface area contributed by atoms with Crippen LogP contribution in [0.25, 0.3) is 0 Å². The lowest BCUT2D eigenvalue weighted by Crippen LogP contribution is -2.60. The van der Waals surface area contributed by atoms with Crippen molar-refractivity contribution in [2.75, 3.05) is 19.8 Å². The van der Waals surface area contributed by atoms with E-state index in [1.54, 1.807) is 6.08 Å². The van der Waals surface area contributed by atoms with Crippen molar-refractivity contribution in [1.82, 2.24) is 5.32 Å². The summed E-state index contributed by atoms with van der Waals surface area (Å²) < 4.78 is 16.8. The van der Waals surface area contributed by atoms with Crippen LogP contribution in [0.2, 0.25) is 0 Å². The molecule has 1 aliphatic heterocycles. The standard InChI is InChI=1S/C79H149NO10/c1-3-5-7-9-11-13-15-16-17-18-34-38-41-44-47-51-55-59-63-67-75(84)88-68-64-60-56-52-48-45-42-39-36-33-31-29-27-25-23-21-19-20-22-24-26-28-30-32-35-37-40-43-46-50-54-58-62-66-74(83)80-71(70-89-79-78(87)77(86)76(85)73(69-81)90-79)72(82)65-61-57-53-49-14-12-10-8-6-4-2/h11,13,16-17,61,65,71-73,76-79,81-82,85-87H,3-10,12,14-15,18-60,62-64,66-70H2,1-2H3,(H,80,83)/b13-11-,17-16-,65-61+. The van der Waals surface area contributed by atoms with E-state index in [1.165, 1.54) is 302 Å². The molecular weight excluding hydrogens is 1120 g/mol. The van der Waals surface area contributed by atoms with Crippen molar-refractivity contribution < 1.29 is 49.3 Å². The van der Waals surface area contributed by atoms with Crippen LogP contribution in [-0.2, 0) is 23.8 Å². The smallest absolute Gasteiger partial charge is 0.305 e. The highest BCUT2D eigenvalue weighted by molar-refractivity contribution is 5.76. The molecule has 11 nitrogen and oxygen atoms in total. The Hall–Kier alpha value is -2.12. The zero-order valence-electron chi connectivity index (χ0n) is 59.1. The number of aliphatic hydroxyl groups excluding tert-OH is 5. The molecule has 7 unspecified atom stereocenters. The van der Waals surface area contributed by atoms with Gasteiger partial charge in [-0.3, -0.25) is 9.59 Å². The lowest BCUT2D eigenvalue weighted by Gasteiger charge is -2.40. The quantitative estimate of drug-likeness (QED) is 0.0195. The first-order valence-electron chi connectivity index (χ1n) is 39.3. The van der Waals surface area contributed by atoms with Gasteiger partial charge in [-0.15, -0.1) is 0 Å². The van der Waals surface area contributed by atoms with Gasteiger partial charge >= 0.3 is 5.97 Å². The summed E-state index contributed by atoms with van der Waals surface area (Å²) in [6.45, 7) is 4.35. The second-order valence-corrected chi connectivity index (χ2v) is 27.4. The molecule has 7 atom stereocenters. The summed E-state index contributed by atoms with van der Waals surface area (Å²) in [5.74, 6) is -0.165. The monoisotopic (exact) mass is 1270 g/mol. The minimum absolute atomic E-state index is 0.0112. The first kappa shape index (κ1) is 85.9. The average Bonchev–Trinajstić information content (AvgIpc) is 1.93. The van der Waals surface area contributed by atoms with Gasteiger partial charge in [-0.2, -0.15) is 0 Å². The molecule has 0 bridgehead atoms. The number of esters is 1. The molecule has 1 amide bonds. The first-order valence-corrected chi connectivity index (χ1v) is 39.3. The van der Waals surface area contributed by atoms with Crippen LogP contribution in [0.15, 0.2) is 36.5 Å². The number of hydrogen-bond donors (Lipinski definition) is 6. The van der Waals surface area contributed by atoms with Gasteiger partial charge in [0.2, 0.25) is 5.91 Å². The van der Waals surface area contributed by atoms with E-state index in [4.69, 9.17) is 14.2 Å². The fourth-order valence-corrected chi connectivity index (χ4v) is 12.6. The molecule has 1 aliphatic rings. The second-order valence-electron chi connectivity index (χ2n) is 27.4. The van der Waals surface area contributed by atoms with Crippen molar-refractivity contribution in [2.45, 2.75) is 436 Å².